The lowest BCUT2D eigenvalue weighted by Crippen LogP contribution is -2.27. The quantitative estimate of drug-likeness (QED) is 0.453. The summed E-state index contributed by atoms with van der Waals surface area (Å²) in [6, 6.07) is 11.2. The number of halogens is 3. The molecule has 0 amide bonds. The molecule has 2 aromatic heterocycles. The highest BCUT2D eigenvalue weighted by Gasteiger charge is 2.41. The van der Waals surface area contributed by atoms with Crippen molar-refractivity contribution >= 4 is 51.9 Å². The molecule has 0 saturated carbocycles. The Morgan fingerprint density at radius 2 is 1.91 bits per heavy atom. The summed E-state index contributed by atoms with van der Waals surface area (Å²) in [5, 5.41) is 3.65. The molecule has 0 radical (unpaired) electrons. The smallest absolute Gasteiger partial charge is 0.210 e. The minimum absolute atomic E-state index is 0.235. The predicted molar refractivity (Wildman–Crippen MR) is 95.2 cm³/mol. The molecule has 2 heterocycles. The Kier molecular flexibility index (Phi) is 4.78. The molecular formula is C16H11Cl3N2OS. The highest BCUT2D eigenvalue weighted by atomic mass is 35.6. The third kappa shape index (κ3) is 3.45. The van der Waals surface area contributed by atoms with Crippen LogP contribution in [0.3, 0.4) is 0 Å². The molecule has 0 aliphatic rings. The summed E-state index contributed by atoms with van der Waals surface area (Å²) in [6.45, 7) is 0. The average Bonchev–Trinajstić information content (AvgIpc) is 3.18. The van der Waals surface area contributed by atoms with E-state index in [9.17, 15) is 4.79 Å². The van der Waals surface area contributed by atoms with E-state index in [1.54, 1.807) is 28.4 Å². The van der Waals surface area contributed by atoms with Crippen molar-refractivity contribution in [3.63, 3.8) is 0 Å². The zero-order valence-electron chi connectivity index (χ0n) is 11.7. The van der Waals surface area contributed by atoms with Crippen molar-refractivity contribution in [3.05, 3.63) is 70.9 Å². The SMILES string of the molecule is O=C(c1nccn1-c1ccccc1)[C@@H](c1ccsc1)C(Cl)(Cl)Cl. The molecule has 0 N–H and O–H groups in total. The number of benzene rings is 1. The lowest BCUT2D eigenvalue weighted by Gasteiger charge is -2.22. The van der Waals surface area contributed by atoms with Crippen molar-refractivity contribution in [2.45, 2.75) is 9.71 Å². The first kappa shape index (κ1) is 16.5. The highest BCUT2D eigenvalue weighted by Crippen LogP contribution is 2.44. The van der Waals surface area contributed by atoms with E-state index >= 15 is 0 Å². The maximum Gasteiger partial charge on any atom is 0.210 e. The van der Waals surface area contributed by atoms with Crippen molar-refractivity contribution in [1.82, 2.24) is 9.55 Å². The molecule has 0 bridgehead atoms. The van der Waals surface area contributed by atoms with E-state index in [-0.39, 0.29) is 11.6 Å². The normalized spacial score (nSPS) is 13.0. The molecule has 3 rings (SSSR count). The molecule has 0 spiro atoms. The standard InChI is InChI=1S/C16H11Cl3N2OS/c17-16(18,19)13(11-6-9-23-10-11)14(22)15-20-7-8-21(15)12-4-2-1-3-5-12/h1-10,13H/t13-/m1/s1. The van der Waals surface area contributed by atoms with Gasteiger partial charge in [-0.3, -0.25) is 9.36 Å². The van der Waals surface area contributed by atoms with E-state index in [1.165, 1.54) is 11.3 Å². The van der Waals surface area contributed by atoms with Gasteiger partial charge < -0.3 is 0 Å². The van der Waals surface area contributed by atoms with Gasteiger partial charge in [-0.25, -0.2) is 4.98 Å². The lowest BCUT2D eigenvalue weighted by atomic mass is 9.98. The van der Waals surface area contributed by atoms with E-state index < -0.39 is 9.71 Å². The van der Waals surface area contributed by atoms with Crippen molar-refractivity contribution in [2.24, 2.45) is 0 Å². The number of hydrogen-bond acceptors (Lipinski definition) is 3. The summed E-state index contributed by atoms with van der Waals surface area (Å²) in [4.78, 5) is 17.2. The van der Waals surface area contributed by atoms with Crippen LogP contribution in [-0.2, 0) is 0 Å². The van der Waals surface area contributed by atoms with Crippen LogP contribution >= 0.6 is 46.1 Å². The summed E-state index contributed by atoms with van der Waals surface area (Å²) in [7, 11) is 0. The van der Waals surface area contributed by atoms with Crippen molar-refractivity contribution in [3.8, 4) is 5.69 Å². The Morgan fingerprint density at radius 3 is 2.52 bits per heavy atom. The Hall–Kier alpha value is -1.33. The molecule has 1 aromatic carbocycles. The number of nitrogens with zero attached hydrogens (tertiary/aromatic N) is 2. The number of carbonyl (C=O) groups is 1. The van der Waals surface area contributed by atoms with Gasteiger partial charge in [-0.1, -0.05) is 53.0 Å². The zero-order valence-corrected chi connectivity index (χ0v) is 14.8. The number of rotatable bonds is 4. The minimum Gasteiger partial charge on any atom is -0.297 e. The maximum atomic E-state index is 13.0. The number of hydrogen-bond donors (Lipinski definition) is 0. The number of alkyl halides is 3. The largest absolute Gasteiger partial charge is 0.297 e. The Morgan fingerprint density at radius 1 is 1.17 bits per heavy atom. The first-order valence-corrected chi connectivity index (χ1v) is 8.78. The molecular weight excluding hydrogens is 375 g/mol. The van der Waals surface area contributed by atoms with Gasteiger partial charge in [-0.15, -0.1) is 0 Å². The second-order valence-corrected chi connectivity index (χ2v) is 8.00. The maximum absolute atomic E-state index is 13.0. The molecule has 118 valence electrons. The molecule has 0 aliphatic carbocycles. The molecule has 0 fully saturated rings. The summed E-state index contributed by atoms with van der Waals surface area (Å²) < 4.78 is -0.0657. The van der Waals surface area contributed by atoms with Gasteiger partial charge in [0.1, 0.15) is 0 Å². The number of carbonyl (C=O) groups excluding carboxylic acids is 1. The van der Waals surface area contributed by atoms with Crippen LogP contribution in [0.2, 0.25) is 0 Å². The number of thiophene rings is 1. The first-order valence-electron chi connectivity index (χ1n) is 6.70. The lowest BCUT2D eigenvalue weighted by molar-refractivity contribution is 0.0949. The van der Waals surface area contributed by atoms with Gasteiger partial charge in [0.2, 0.25) is 9.58 Å². The van der Waals surface area contributed by atoms with Crippen molar-refractivity contribution in [1.29, 1.82) is 0 Å². The van der Waals surface area contributed by atoms with Crippen molar-refractivity contribution in [2.75, 3.05) is 0 Å². The number of Topliss-reactive ketones (excluding diaryl/α,β-unsaturated/α-hetero) is 1. The fourth-order valence-corrected chi connectivity index (χ4v) is 3.70. The summed E-state index contributed by atoms with van der Waals surface area (Å²) in [5.74, 6) is -1.01. The van der Waals surface area contributed by atoms with E-state index in [1.807, 2.05) is 35.7 Å². The summed E-state index contributed by atoms with van der Waals surface area (Å²) in [5.41, 5.74) is 1.49. The molecule has 7 heteroatoms. The number of ketones is 1. The second kappa shape index (κ2) is 6.65. The van der Waals surface area contributed by atoms with Gasteiger partial charge >= 0.3 is 0 Å². The molecule has 0 aliphatic heterocycles. The van der Waals surface area contributed by atoms with Crippen molar-refractivity contribution < 1.29 is 4.79 Å². The summed E-state index contributed by atoms with van der Waals surface area (Å²) >= 11 is 19.7. The Balaban J connectivity index is 2.05. The zero-order chi connectivity index (χ0) is 16.4. The third-order valence-corrected chi connectivity index (χ3v) is 4.72. The van der Waals surface area contributed by atoms with Gasteiger partial charge in [0.25, 0.3) is 0 Å². The fraction of sp³-hybridized carbons (Fsp3) is 0.125. The van der Waals surface area contributed by atoms with E-state index in [0.29, 0.717) is 5.56 Å². The molecule has 3 nitrogen and oxygen atoms in total. The highest BCUT2D eigenvalue weighted by molar-refractivity contribution is 7.08. The van der Waals surface area contributed by atoms with Crippen LogP contribution in [0.4, 0.5) is 0 Å². The Bertz CT molecular complexity index is 794. The molecule has 1 atom stereocenters. The molecule has 23 heavy (non-hydrogen) atoms. The van der Waals surface area contributed by atoms with Gasteiger partial charge in [0.15, 0.2) is 5.82 Å². The van der Waals surface area contributed by atoms with E-state index in [0.717, 1.165) is 5.69 Å². The van der Waals surface area contributed by atoms with Crippen LogP contribution in [0.5, 0.6) is 0 Å². The van der Waals surface area contributed by atoms with E-state index in [2.05, 4.69) is 4.98 Å². The second-order valence-electron chi connectivity index (χ2n) is 4.85. The topological polar surface area (TPSA) is 34.9 Å². The van der Waals surface area contributed by atoms with Crippen LogP contribution in [-0.4, -0.2) is 19.1 Å². The molecule has 0 saturated heterocycles. The van der Waals surface area contributed by atoms with Gasteiger partial charge in [0.05, 0.1) is 5.92 Å². The third-order valence-electron chi connectivity index (χ3n) is 3.36. The van der Waals surface area contributed by atoms with Gasteiger partial charge in [-0.2, -0.15) is 11.3 Å². The van der Waals surface area contributed by atoms with Gasteiger partial charge in [-0.05, 0) is 34.5 Å². The average molecular weight is 386 g/mol. The van der Waals surface area contributed by atoms with Crippen LogP contribution in [0, 0.1) is 0 Å². The minimum atomic E-state index is -1.76. The van der Waals surface area contributed by atoms with Crippen LogP contribution < -0.4 is 0 Å². The summed E-state index contributed by atoms with van der Waals surface area (Å²) in [6.07, 6.45) is 3.27. The number of para-hydroxylation sites is 1. The Labute approximate surface area is 152 Å². The fourth-order valence-electron chi connectivity index (χ4n) is 2.34. The molecule has 0 unspecified atom stereocenters. The monoisotopic (exact) mass is 384 g/mol. The molecule has 3 aromatic rings. The van der Waals surface area contributed by atoms with Crippen LogP contribution in [0.25, 0.3) is 5.69 Å². The predicted octanol–water partition coefficient (Wildman–Crippen LogP) is 5.27. The number of aromatic nitrogens is 2. The number of imidazole rings is 1. The first-order chi connectivity index (χ1) is 11.0. The van der Waals surface area contributed by atoms with E-state index in [4.69, 9.17) is 34.8 Å². The van der Waals surface area contributed by atoms with Gasteiger partial charge in [0, 0.05) is 18.1 Å². The van der Waals surface area contributed by atoms with Crippen LogP contribution in [0.15, 0.2) is 59.6 Å². The van der Waals surface area contributed by atoms with Crippen LogP contribution in [0.1, 0.15) is 22.1 Å².